The molecule has 1 aliphatic heterocycles. The highest BCUT2D eigenvalue weighted by Crippen LogP contribution is 2.41. The van der Waals surface area contributed by atoms with Gasteiger partial charge in [-0.05, 0) is 24.1 Å². The van der Waals surface area contributed by atoms with Crippen LogP contribution in [0.25, 0.3) is 0 Å². The van der Waals surface area contributed by atoms with Gasteiger partial charge in [-0.3, -0.25) is 0 Å². The SMILES string of the molecule is OCCc1ccc2c(c1)OC(F)(F)O2. The van der Waals surface area contributed by atoms with Crippen molar-refractivity contribution in [1.29, 1.82) is 0 Å². The minimum atomic E-state index is -3.57. The second-order valence-corrected chi connectivity index (χ2v) is 2.92. The molecule has 0 saturated heterocycles. The Bertz CT molecular complexity index is 352. The number of rotatable bonds is 2. The molecule has 0 amide bonds. The Labute approximate surface area is 78.9 Å². The van der Waals surface area contributed by atoms with Gasteiger partial charge in [0.15, 0.2) is 11.5 Å². The largest absolute Gasteiger partial charge is 0.586 e. The average molecular weight is 202 g/mol. The molecule has 0 aliphatic carbocycles. The molecule has 1 aromatic rings. The number of aliphatic hydroxyl groups excluding tert-OH is 1. The molecule has 0 fully saturated rings. The Balaban J connectivity index is 2.26. The van der Waals surface area contributed by atoms with Crippen LogP contribution in [0, 0.1) is 0 Å². The van der Waals surface area contributed by atoms with E-state index in [9.17, 15) is 8.78 Å². The molecule has 3 nitrogen and oxygen atoms in total. The Morgan fingerprint density at radius 2 is 1.93 bits per heavy atom. The lowest BCUT2D eigenvalue weighted by Gasteiger charge is -2.04. The molecular weight excluding hydrogens is 194 g/mol. The minimum absolute atomic E-state index is 0.0148. The van der Waals surface area contributed by atoms with Crippen molar-refractivity contribution in [3.8, 4) is 11.5 Å². The van der Waals surface area contributed by atoms with E-state index in [1.165, 1.54) is 12.1 Å². The molecule has 14 heavy (non-hydrogen) atoms. The minimum Gasteiger partial charge on any atom is -0.396 e. The summed E-state index contributed by atoms with van der Waals surface area (Å²) in [7, 11) is 0. The van der Waals surface area contributed by atoms with Gasteiger partial charge < -0.3 is 14.6 Å². The Kier molecular flexibility index (Phi) is 2.03. The zero-order valence-corrected chi connectivity index (χ0v) is 7.17. The summed E-state index contributed by atoms with van der Waals surface area (Å²) in [6.07, 6.45) is -3.16. The highest BCUT2D eigenvalue weighted by molar-refractivity contribution is 5.45. The zero-order valence-electron chi connectivity index (χ0n) is 7.17. The van der Waals surface area contributed by atoms with Crippen molar-refractivity contribution < 1.29 is 23.4 Å². The Hall–Kier alpha value is -1.36. The smallest absolute Gasteiger partial charge is 0.396 e. The predicted octanol–water partition coefficient (Wildman–Crippen LogP) is 1.54. The van der Waals surface area contributed by atoms with Gasteiger partial charge in [0.1, 0.15) is 0 Å². The maximum atomic E-state index is 12.6. The zero-order chi connectivity index (χ0) is 10.2. The van der Waals surface area contributed by atoms with Gasteiger partial charge in [-0.2, -0.15) is 0 Å². The lowest BCUT2D eigenvalue weighted by Crippen LogP contribution is -2.25. The van der Waals surface area contributed by atoms with E-state index in [2.05, 4.69) is 9.47 Å². The number of ether oxygens (including phenoxy) is 2. The molecule has 5 heteroatoms. The summed E-state index contributed by atoms with van der Waals surface area (Å²) < 4.78 is 33.6. The van der Waals surface area contributed by atoms with Crippen LogP contribution in [0.3, 0.4) is 0 Å². The highest BCUT2D eigenvalue weighted by atomic mass is 19.3. The molecule has 0 saturated carbocycles. The van der Waals surface area contributed by atoms with E-state index in [1.54, 1.807) is 6.07 Å². The van der Waals surface area contributed by atoms with E-state index >= 15 is 0 Å². The topological polar surface area (TPSA) is 38.7 Å². The summed E-state index contributed by atoms with van der Waals surface area (Å²) in [6, 6.07) is 4.45. The van der Waals surface area contributed by atoms with Gasteiger partial charge in [0.05, 0.1) is 0 Å². The third-order valence-electron chi connectivity index (χ3n) is 1.87. The maximum absolute atomic E-state index is 12.6. The van der Waals surface area contributed by atoms with Crippen molar-refractivity contribution in [2.75, 3.05) is 6.61 Å². The van der Waals surface area contributed by atoms with Crippen LogP contribution in [0.15, 0.2) is 18.2 Å². The number of alkyl halides is 2. The molecule has 1 heterocycles. The molecule has 0 spiro atoms. The summed E-state index contributed by atoms with van der Waals surface area (Å²) in [5.74, 6) is 0.0395. The molecule has 1 aliphatic rings. The normalized spacial score (nSPS) is 17.1. The van der Waals surface area contributed by atoms with Crippen molar-refractivity contribution >= 4 is 0 Å². The van der Waals surface area contributed by atoms with Crippen molar-refractivity contribution in [3.05, 3.63) is 23.8 Å². The van der Waals surface area contributed by atoms with Crippen molar-refractivity contribution in [3.63, 3.8) is 0 Å². The van der Waals surface area contributed by atoms with E-state index in [0.29, 0.717) is 6.42 Å². The molecule has 0 bridgehead atoms. The third kappa shape index (κ3) is 1.63. The molecule has 76 valence electrons. The molecule has 1 aromatic carbocycles. The molecule has 0 atom stereocenters. The first-order valence-corrected chi connectivity index (χ1v) is 4.10. The summed E-state index contributed by atoms with van der Waals surface area (Å²) in [6.45, 7) is -0.0317. The first-order valence-electron chi connectivity index (χ1n) is 4.10. The van der Waals surface area contributed by atoms with Crippen LogP contribution in [0.4, 0.5) is 8.78 Å². The van der Waals surface area contributed by atoms with Crippen LogP contribution in [0.2, 0.25) is 0 Å². The fraction of sp³-hybridized carbons (Fsp3) is 0.333. The monoisotopic (exact) mass is 202 g/mol. The summed E-state index contributed by atoms with van der Waals surface area (Å²) >= 11 is 0. The molecular formula is C9H8F2O3. The van der Waals surface area contributed by atoms with Gasteiger partial charge >= 0.3 is 6.29 Å². The van der Waals surface area contributed by atoms with Crippen molar-refractivity contribution in [2.45, 2.75) is 12.7 Å². The molecule has 0 aromatic heterocycles. The third-order valence-corrected chi connectivity index (χ3v) is 1.87. The fourth-order valence-electron chi connectivity index (χ4n) is 1.28. The van der Waals surface area contributed by atoms with Gasteiger partial charge in [-0.1, -0.05) is 6.07 Å². The summed E-state index contributed by atoms with van der Waals surface area (Å²) in [5, 5.41) is 8.65. The van der Waals surface area contributed by atoms with Gasteiger partial charge in [0.25, 0.3) is 0 Å². The number of aliphatic hydroxyl groups is 1. The Morgan fingerprint density at radius 1 is 1.21 bits per heavy atom. The lowest BCUT2D eigenvalue weighted by molar-refractivity contribution is -0.286. The van der Waals surface area contributed by atoms with Gasteiger partial charge in [0.2, 0.25) is 0 Å². The van der Waals surface area contributed by atoms with Gasteiger partial charge in [0, 0.05) is 6.61 Å². The molecule has 0 unspecified atom stereocenters. The quantitative estimate of drug-likeness (QED) is 0.790. The number of hydrogen-bond acceptors (Lipinski definition) is 3. The lowest BCUT2D eigenvalue weighted by atomic mass is 10.1. The van der Waals surface area contributed by atoms with Crippen LogP contribution in [0.1, 0.15) is 5.56 Å². The molecule has 2 rings (SSSR count). The van der Waals surface area contributed by atoms with E-state index in [4.69, 9.17) is 5.11 Å². The van der Waals surface area contributed by atoms with E-state index in [0.717, 1.165) is 5.56 Å². The second-order valence-electron chi connectivity index (χ2n) is 2.92. The molecule has 1 N–H and O–H groups in total. The highest BCUT2D eigenvalue weighted by Gasteiger charge is 2.43. The van der Waals surface area contributed by atoms with E-state index < -0.39 is 6.29 Å². The number of halogens is 2. The first-order chi connectivity index (χ1) is 6.61. The van der Waals surface area contributed by atoms with Crippen LogP contribution in [-0.2, 0) is 6.42 Å². The van der Waals surface area contributed by atoms with Crippen LogP contribution in [0.5, 0.6) is 11.5 Å². The van der Waals surface area contributed by atoms with Crippen LogP contribution < -0.4 is 9.47 Å². The molecule has 0 radical (unpaired) electrons. The second kappa shape index (κ2) is 3.09. The fourth-order valence-corrected chi connectivity index (χ4v) is 1.28. The van der Waals surface area contributed by atoms with Crippen LogP contribution >= 0.6 is 0 Å². The van der Waals surface area contributed by atoms with Crippen molar-refractivity contribution in [1.82, 2.24) is 0 Å². The van der Waals surface area contributed by atoms with E-state index in [1.807, 2.05) is 0 Å². The van der Waals surface area contributed by atoms with Gasteiger partial charge in [-0.15, -0.1) is 8.78 Å². The van der Waals surface area contributed by atoms with E-state index in [-0.39, 0.29) is 18.1 Å². The summed E-state index contributed by atoms with van der Waals surface area (Å²) in [4.78, 5) is 0. The standard InChI is InChI=1S/C9H8F2O3/c10-9(11)13-7-2-1-6(3-4-12)5-8(7)14-9/h1-2,5,12H,3-4H2. The first kappa shape index (κ1) is 9.21. The van der Waals surface area contributed by atoms with Crippen LogP contribution in [-0.4, -0.2) is 18.0 Å². The maximum Gasteiger partial charge on any atom is 0.586 e. The summed E-state index contributed by atoms with van der Waals surface area (Å²) in [5.41, 5.74) is 0.729. The average Bonchev–Trinajstić information content (AvgIpc) is 2.38. The van der Waals surface area contributed by atoms with Crippen molar-refractivity contribution in [2.24, 2.45) is 0 Å². The Morgan fingerprint density at radius 3 is 2.64 bits per heavy atom. The predicted molar refractivity (Wildman–Crippen MR) is 43.4 cm³/mol. The number of fused-ring (bicyclic) bond motifs is 1. The number of benzene rings is 1. The van der Waals surface area contributed by atoms with Gasteiger partial charge in [-0.25, -0.2) is 0 Å². The number of hydrogen-bond donors (Lipinski definition) is 1.